The lowest BCUT2D eigenvalue weighted by atomic mass is 10.0. The van der Waals surface area contributed by atoms with E-state index in [1.165, 1.54) is 16.7 Å². The van der Waals surface area contributed by atoms with Crippen molar-refractivity contribution < 1.29 is 14.7 Å². The number of carbonyl (C=O) groups excluding carboxylic acids is 1. The molecular weight excluding hydrogens is 266 g/mol. The minimum atomic E-state index is -1.06. The summed E-state index contributed by atoms with van der Waals surface area (Å²) in [6, 6.07) is -0.291. The van der Waals surface area contributed by atoms with Crippen LogP contribution in [-0.2, 0) is 4.79 Å². The van der Waals surface area contributed by atoms with Crippen molar-refractivity contribution in [2.75, 3.05) is 6.54 Å². The highest BCUT2D eigenvalue weighted by Crippen LogP contribution is 2.18. The summed E-state index contributed by atoms with van der Waals surface area (Å²) in [6.07, 6.45) is 1.24. The minimum absolute atomic E-state index is 0.00879. The molecular formula is C12H19N3O3S. The number of nitrogens with two attached hydrogens (primary N) is 1. The normalized spacial score (nSPS) is 13.8. The van der Waals surface area contributed by atoms with Crippen LogP contribution >= 0.6 is 11.3 Å². The number of hydrogen-bond donors (Lipinski definition) is 3. The van der Waals surface area contributed by atoms with Crippen LogP contribution in [0, 0.1) is 5.92 Å². The number of hydrogen-bond acceptors (Lipinski definition) is 5. The number of nitrogens with one attached hydrogen (secondary N) is 1. The van der Waals surface area contributed by atoms with E-state index in [1.807, 2.05) is 6.92 Å². The molecule has 6 nitrogen and oxygen atoms in total. The third kappa shape index (κ3) is 4.60. The number of amides is 1. The van der Waals surface area contributed by atoms with Gasteiger partial charge in [0.25, 0.3) is 0 Å². The van der Waals surface area contributed by atoms with Crippen LogP contribution in [0.25, 0.3) is 0 Å². The van der Waals surface area contributed by atoms with Gasteiger partial charge in [0, 0.05) is 11.8 Å². The van der Waals surface area contributed by atoms with Gasteiger partial charge in [0.05, 0.1) is 6.04 Å². The third-order valence-electron chi connectivity index (χ3n) is 2.87. The zero-order chi connectivity index (χ0) is 14.4. The molecule has 7 heteroatoms. The summed E-state index contributed by atoms with van der Waals surface area (Å²) in [5.74, 6) is -0.967. The predicted molar refractivity (Wildman–Crippen MR) is 73.1 cm³/mol. The second-order valence-corrected chi connectivity index (χ2v) is 5.27. The van der Waals surface area contributed by atoms with Crippen LogP contribution in [-0.4, -0.2) is 28.5 Å². The quantitative estimate of drug-likeness (QED) is 0.702. The van der Waals surface area contributed by atoms with Gasteiger partial charge in [0.1, 0.15) is 5.01 Å². The Morgan fingerprint density at radius 3 is 2.74 bits per heavy atom. The molecule has 0 aliphatic rings. The largest absolute Gasteiger partial charge is 0.476 e. The second-order valence-electron chi connectivity index (χ2n) is 4.38. The van der Waals surface area contributed by atoms with Crippen LogP contribution in [0.1, 0.15) is 48.2 Å². The smallest absolute Gasteiger partial charge is 0.355 e. The van der Waals surface area contributed by atoms with E-state index in [2.05, 4.69) is 10.3 Å². The van der Waals surface area contributed by atoms with Gasteiger partial charge in [0.15, 0.2) is 5.69 Å². The Morgan fingerprint density at radius 1 is 1.58 bits per heavy atom. The summed E-state index contributed by atoms with van der Waals surface area (Å²) in [4.78, 5) is 26.5. The second kappa shape index (κ2) is 7.20. The number of carbonyl (C=O) groups is 2. The standard InChI is InChI=1S/C12H19N3O3S/c1-3-8(5-13)4-10(16)14-7(2)11-15-9(6-19-11)12(17)18/h6-8H,3-5,13H2,1-2H3,(H,14,16)(H,17,18). The van der Waals surface area contributed by atoms with Crippen molar-refractivity contribution >= 4 is 23.2 Å². The molecule has 1 amide bonds. The molecule has 1 aromatic rings. The molecule has 0 aliphatic carbocycles. The maximum atomic E-state index is 11.8. The number of rotatable bonds is 7. The van der Waals surface area contributed by atoms with E-state index in [4.69, 9.17) is 10.8 Å². The summed E-state index contributed by atoms with van der Waals surface area (Å²) in [5.41, 5.74) is 5.56. The molecule has 0 aliphatic heterocycles. The molecule has 0 saturated carbocycles. The molecule has 0 spiro atoms. The van der Waals surface area contributed by atoms with Gasteiger partial charge < -0.3 is 16.2 Å². The van der Waals surface area contributed by atoms with Crippen molar-refractivity contribution in [2.45, 2.75) is 32.7 Å². The van der Waals surface area contributed by atoms with E-state index in [0.29, 0.717) is 18.0 Å². The average Bonchev–Trinajstić information content (AvgIpc) is 2.85. The summed E-state index contributed by atoms with van der Waals surface area (Å²) in [6.45, 7) is 4.26. The van der Waals surface area contributed by atoms with Crippen LogP contribution in [0.5, 0.6) is 0 Å². The average molecular weight is 285 g/mol. The van der Waals surface area contributed by atoms with Gasteiger partial charge >= 0.3 is 5.97 Å². The lowest BCUT2D eigenvalue weighted by molar-refractivity contribution is -0.122. The Bertz CT molecular complexity index is 443. The Hall–Kier alpha value is -1.47. The zero-order valence-electron chi connectivity index (χ0n) is 11.0. The fourth-order valence-electron chi connectivity index (χ4n) is 1.60. The van der Waals surface area contributed by atoms with E-state index in [0.717, 1.165) is 6.42 Å². The lowest BCUT2D eigenvalue weighted by Crippen LogP contribution is -2.30. The Morgan fingerprint density at radius 2 is 2.26 bits per heavy atom. The van der Waals surface area contributed by atoms with Gasteiger partial charge in [-0.05, 0) is 19.4 Å². The number of carboxylic acids is 1. The highest BCUT2D eigenvalue weighted by atomic mass is 32.1. The molecule has 106 valence electrons. The van der Waals surface area contributed by atoms with Gasteiger partial charge in [-0.25, -0.2) is 9.78 Å². The number of aromatic carboxylic acids is 1. The number of thiazole rings is 1. The van der Waals surface area contributed by atoms with Crippen molar-refractivity contribution in [3.05, 3.63) is 16.1 Å². The summed E-state index contributed by atoms with van der Waals surface area (Å²) >= 11 is 1.23. The van der Waals surface area contributed by atoms with Crippen LogP contribution < -0.4 is 11.1 Å². The lowest BCUT2D eigenvalue weighted by Gasteiger charge is -2.15. The first-order valence-corrected chi connectivity index (χ1v) is 7.04. The molecule has 0 aromatic carbocycles. The molecule has 19 heavy (non-hydrogen) atoms. The molecule has 2 atom stereocenters. The zero-order valence-corrected chi connectivity index (χ0v) is 11.9. The summed E-state index contributed by atoms with van der Waals surface area (Å²) in [5, 5.41) is 13.7. The first kappa shape index (κ1) is 15.6. The van der Waals surface area contributed by atoms with Crippen LogP contribution in [0.2, 0.25) is 0 Å². The van der Waals surface area contributed by atoms with Crippen molar-refractivity contribution in [3.63, 3.8) is 0 Å². The maximum Gasteiger partial charge on any atom is 0.355 e. The highest BCUT2D eigenvalue weighted by Gasteiger charge is 2.17. The van der Waals surface area contributed by atoms with Gasteiger partial charge in [-0.15, -0.1) is 11.3 Å². The Labute approximate surface area is 116 Å². The SMILES string of the molecule is CCC(CN)CC(=O)NC(C)c1nc(C(=O)O)cs1. The van der Waals surface area contributed by atoms with Crippen molar-refractivity contribution in [3.8, 4) is 0 Å². The Balaban J connectivity index is 2.56. The fraction of sp³-hybridized carbons (Fsp3) is 0.583. The molecule has 0 saturated heterocycles. The van der Waals surface area contributed by atoms with E-state index >= 15 is 0 Å². The topological polar surface area (TPSA) is 105 Å². The Kier molecular flexibility index (Phi) is 5.91. The molecule has 1 aromatic heterocycles. The number of carboxylic acid groups (broad SMARTS) is 1. The first-order chi connectivity index (χ1) is 8.97. The van der Waals surface area contributed by atoms with Crippen LogP contribution in [0.3, 0.4) is 0 Å². The molecule has 0 radical (unpaired) electrons. The molecule has 4 N–H and O–H groups in total. The van der Waals surface area contributed by atoms with E-state index in [9.17, 15) is 9.59 Å². The van der Waals surface area contributed by atoms with Crippen molar-refractivity contribution in [1.82, 2.24) is 10.3 Å². The third-order valence-corrected chi connectivity index (χ3v) is 3.90. The van der Waals surface area contributed by atoms with E-state index < -0.39 is 5.97 Å². The van der Waals surface area contributed by atoms with Gasteiger partial charge in [-0.1, -0.05) is 13.3 Å². The fourth-order valence-corrected chi connectivity index (χ4v) is 2.40. The molecule has 0 fully saturated rings. The summed E-state index contributed by atoms with van der Waals surface area (Å²) in [7, 11) is 0. The van der Waals surface area contributed by atoms with Gasteiger partial charge in [0.2, 0.25) is 5.91 Å². The molecule has 1 heterocycles. The molecule has 2 unspecified atom stereocenters. The van der Waals surface area contributed by atoms with E-state index in [1.54, 1.807) is 6.92 Å². The van der Waals surface area contributed by atoms with E-state index in [-0.39, 0.29) is 23.6 Å². The predicted octanol–water partition coefficient (Wildman–Crippen LogP) is 1.39. The number of nitrogens with zero attached hydrogens (tertiary/aromatic N) is 1. The van der Waals surface area contributed by atoms with Crippen molar-refractivity contribution in [1.29, 1.82) is 0 Å². The van der Waals surface area contributed by atoms with Gasteiger partial charge in [-0.3, -0.25) is 4.79 Å². The first-order valence-electron chi connectivity index (χ1n) is 6.16. The molecule has 0 bridgehead atoms. The monoisotopic (exact) mass is 285 g/mol. The van der Waals surface area contributed by atoms with Gasteiger partial charge in [-0.2, -0.15) is 0 Å². The maximum absolute atomic E-state index is 11.8. The summed E-state index contributed by atoms with van der Waals surface area (Å²) < 4.78 is 0. The molecule has 1 rings (SSSR count). The minimum Gasteiger partial charge on any atom is -0.476 e. The highest BCUT2D eigenvalue weighted by molar-refractivity contribution is 7.09. The number of aromatic nitrogens is 1. The van der Waals surface area contributed by atoms with Crippen molar-refractivity contribution in [2.24, 2.45) is 11.7 Å². The van der Waals surface area contributed by atoms with Crippen LogP contribution in [0.15, 0.2) is 5.38 Å². The van der Waals surface area contributed by atoms with Crippen LogP contribution in [0.4, 0.5) is 0 Å².